The third kappa shape index (κ3) is 4.74. The van der Waals surface area contributed by atoms with Crippen LogP contribution in [0.4, 0.5) is 5.13 Å². The van der Waals surface area contributed by atoms with Gasteiger partial charge >= 0.3 is 0 Å². The molecule has 0 aromatic carbocycles. The third-order valence-electron chi connectivity index (χ3n) is 4.91. The fraction of sp³-hybridized carbons (Fsp3) is 0.800. The number of piperazine rings is 1. The van der Waals surface area contributed by atoms with Crippen LogP contribution in [-0.2, 0) is 16.0 Å². The summed E-state index contributed by atoms with van der Waals surface area (Å²) in [5.41, 5.74) is 5.53. The fourth-order valence-corrected chi connectivity index (χ4v) is 4.02. The monoisotopic (exact) mass is 411 g/mol. The van der Waals surface area contributed by atoms with Crippen molar-refractivity contribution in [3.05, 3.63) is 5.82 Å². The maximum atomic E-state index is 12.9. The van der Waals surface area contributed by atoms with Gasteiger partial charge in [-0.3, -0.25) is 4.79 Å². The Bertz CT molecular complexity index is 546. The summed E-state index contributed by atoms with van der Waals surface area (Å²) in [6, 6.07) is 0. The van der Waals surface area contributed by atoms with E-state index in [0.29, 0.717) is 19.8 Å². The third-order valence-corrected chi connectivity index (χ3v) is 5.72. The predicted octanol–water partition coefficient (Wildman–Crippen LogP) is 1.35. The summed E-state index contributed by atoms with van der Waals surface area (Å²) in [7, 11) is 0. The van der Waals surface area contributed by atoms with E-state index in [2.05, 4.69) is 21.2 Å². The maximum Gasteiger partial charge on any atom is 0.230 e. The Hall–Kier alpha value is -0.670. The molecule has 25 heavy (non-hydrogen) atoms. The molecular weight excluding hydrogens is 385 g/mol. The van der Waals surface area contributed by atoms with E-state index in [9.17, 15) is 4.79 Å². The van der Waals surface area contributed by atoms with E-state index < -0.39 is 5.41 Å². The summed E-state index contributed by atoms with van der Waals surface area (Å²) in [6.07, 6.45) is 2.33. The van der Waals surface area contributed by atoms with Crippen molar-refractivity contribution in [2.24, 2.45) is 11.1 Å². The van der Waals surface area contributed by atoms with Gasteiger partial charge in [0.2, 0.25) is 11.0 Å². The first-order chi connectivity index (χ1) is 11.2. The molecule has 2 saturated heterocycles. The molecule has 0 aliphatic carbocycles. The highest BCUT2D eigenvalue weighted by Crippen LogP contribution is 2.32. The number of nitrogens with two attached hydrogens (primary N) is 1. The lowest BCUT2D eigenvalue weighted by Crippen LogP contribution is -2.56. The van der Waals surface area contributed by atoms with Gasteiger partial charge in [-0.05, 0) is 12.8 Å². The molecule has 0 radical (unpaired) electrons. The Balaban J connectivity index is 0.00000156. The predicted molar refractivity (Wildman–Crippen MR) is 104 cm³/mol. The number of anilines is 1. The summed E-state index contributed by atoms with van der Waals surface area (Å²) in [4.78, 5) is 21.7. The molecule has 1 aromatic rings. The summed E-state index contributed by atoms with van der Waals surface area (Å²) in [5, 5.41) is 0.966. The van der Waals surface area contributed by atoms with Crippen LogP contribution in [-0.4, -0.2) is 66.1 Å². The van der Waals surface area contributed by atoms with Crippen LogP contribution in [0.1, 0.15) is 25.6 Å². The molecule has 2 aliphatic rings. The lowest BCUT2D eigenvalue weighted by atomic mass is 9.78. The van der Waals surface area contributed by atoms with E-state index in [0.717, 1.165) is 56.4 Å². The summed E-state index contributed by atoms with van der Waals surface area (Å²) >= 11 is 1.45. The molecule has 1 amide bonds. The van der Waals surface area contributed by atoms with Gasteiger partial charge in [-0.1, -0.05) is 6.92 Å². The second-order valence-corrected chi connectivity index (χ2v) is 6.95. The van der Waals surface area contributed by atoms with Crippen LogP contribution in [0.3, 0.4) is 0 Å². The molecule has 0 saturated carbocycles. The highest BCUT2D eigenvalue weighted by Gasteiger charge is 2.42. The number of halogens is 2. The average molecular weight is 412 g/mol. The van der Waals surface area contributed by atoms with Gasteiger partial charge in [0.05, 0.1) is 5.41 Å². The van der Waals surface area contributed by atoms with Gasteiger partial charge < -0.3 is 20.3 Å². The Morgan fingerprint density at radius 3 is 2.40 bits per heavy atom. The molecule has 7 nitrogen and oxygen atoms in total. The number of aryl methyl sites for hydroxylation is 1. The molecule has 1 aromatic heterocycles. The van der Waals surface area contributed by atoms with E-state index in [1.807, 2.05) is 4.90 Å². The minimum absolute atomic E-state index is 0. The first kappa shape index (κ1) is 22.4. The van der Waals surface area contributed by atoms with Crippen LogP contribution in [0.2, 0.25) is 0 Å². The summed E-state index contributed by atoms with van der Waals surface area (Å²) in [6.45, 7) is 6.79. The van der Waals surface area contributed by atoms with Crippen molar-refractivity contribution < 1.29 is 9.53 Å². The molecule has 0 spiro atoms. The largest absolute Gasteiger partial charge is 0.381 e. The summed E-state index contributed by atoms with van der Waals surface area (Å²) in [5.74, 6) is 1.10. The molecule has 144 valence electrons. The minimum Gasteiger partial charge on any atom is -0.381 e. The summed E-state index contributed by atoms with van der Waals surface area (Å²) < 4.78 is 9.74. The van der Waals surface area contributed by atoms with Gasteiger partial charge in [0.15, 0.2) is 0 Å². The molecule has 2 fully saturated rings. The van der Waals surface area contributed by atoms with Gasteiger partial charge in [-0.2, -0.15) is 4.37 Å². The first-order valence-electron chi connectivity index (χ1n) is 8.33. The highest BCUT2D eigenvalue weighted by atomic mass is 35.5. The Labute approximate surface area is 165 Å². The van der Waals surface area contributed by atoms with Crippen LogP contribution in [0, 0.1) is 5.41 Å². The second kappa shape index (κ2) is 9.87. The topological polar surface area (TPSA) is 84.6 Å². The van der Waals surface area contributed by atoms with Crippen LogP contribution < -0.4 is 10.6 Å². The lowest BCUT2D eigenvalue weighted by Gasteiger charge is -2.42. The van der Waals surface area contributed by atoms with Crippen molar-refractivity contribution in [1.29, 1.82) is 0 Å². The van der Waals surface area contributed by atoms with Crippen LogP contribution in [0.5, 0.6) is 0 Å². The van der Waals surface area contributed by atoms with Crippen molar-refractivity contribution in [1.82, 2.24) is 14.3 Å². The molecule has 2 N–H and O–H groups in total. The Morgan fingerprint density at radius 2 is 1.88 bits per heavy atom. The van der Waals surface area contributed by atoms with Crippen LogP contribution in [0.15, 0.2) is 0 Å². The molecular formula is C15H27Cl2N5O2S. The Morgan fingerprint density at radius 1 is 1.24 bits per heavy atom. The molecule has 2 aliphatic heterocycles. The first-order valence-corrected chi connectivity index (χ1v) is 9.10. The fourth-order valence-electron chi connectivity index (χ4n) is 3.22. The number of amides is 1. The number of carbonyl (C=O) groups excluding carboxylic acids is 1. The second-order valence-electron chi connectivity index (χ2n) is 6.22. The number of nitrogens with zero attached hydrogens (tertiary/aromatic N) is 4. The number of aromatic nitrogens is 2. The maximum absolute atomic E-state index is 12.9. The van der Waals surface area contributed by atoms with Crippen molar-refractivity contribution in [2.45, 2.75) is 26.2 Å². The number of rotatable bonds is 4. The minimum atomic E-state index is -0.418. The van der Waals surface area contributed by atoms with Gasteiger partial charge in [0.1, 0.15) is 5.82 Å². The van der Waals surface area contributed by atoms with E-state index in [4.69, 9.17) is 10.5 Å². The van der Waals surface area contributed by atoms with E-state index in [-0.39, 0.29) is 30.7 Å². The van der Waals surface area contributed by atoms with Crippen molar-refractivity contribution in [3.8, 4) is 0 Å². The van der Waals surface area contributed by atoms with Crippen LogP contribution in [0.25, 0.3) is 0 Å². The van der Waals surface area contributed by atoms with Gasteiger partial charge in [0, 0.05) is 63.9 Å². The standard InChI is InChI=1S/C15H25N5O2S.2ClH/c1-2-12-17-14(23-18-12)20-7-5-19(6-8-20)13(21)15(11-16)3-9-22-10-4-15;;/h2-11,16H2,1H3;2*1H. The molecule has 3 heterocycles. The van der Waals surface area contributed by atoms with Gasteiger partial charge in [-0.15, -0.1) is 24.8 Å². The molecule has 0 bridgehead atoms. The smallest absolute Gasteiger partial charge is 0.230 e. The van der Waals surface area contributed by atoms with Gasteiger partial charge in [-0.25, -0.2) is 4.98 Å². The number of ether oxygens (including phenoxy) is 1. The van der Waals surface area contributed by atoms with Crippen molar-refractivity contribution in [3.63, 3.8) is 0 Å². The van der Waals surface area contributed by atoms with Crippen LogP contribution >= 0.6 is 36.3 Å². The number of carbonyl (C=O) groups is 1. The number of hydrogen-bond donors (Lipinski definition) is 1. The zero-order valence-corrected chi connectivity index (χ0v) is 16.9. The lowest BCUT2D eigenvalue weighted by molar-refractivity contribution is -0.147. The van der Waals surface area contributed by atoms with Crippen molar-refractivity contribution >= 4 is 47.4 Å². The average Bonchev–Trinajstić information content (AvgIpc) is 3.11. The zero-order chi connectivity index (χ0) is 16.3. The zero-order valence-electron chi connectivity index (χ0n) is 14.5. The normalized spacial score (nSPS) is 19.8. The molecule has 0 unspecified atom stereocenters. The SMILES string of the molecule is CCc1nsc(N2CCN(C(=O)C3(CN)CCOCC3)CC2)n1.Cl.Cl. The molecule has 3 rings (SSSR count). The van der Waals surface area contributed by atoms with E-state index >= 15 is 0 Å². The number of hydrogen-bond acceptors (Lipinski definition) is 7. The van der Waals surface area contributed by atoms with Gasteiger partial charge in [0.25, 0.3) is 0 Å². The Kier molecular flexibility index (Phi) is 8.83. The molecule has 0 atom stereocenters. The quantitative estimate of drug-likeness (QED) is 0.804. The molecule has 10 heteroatoms. The van der Waals surface area contributed by atoms with E-state index in [1.54, 1.807) is 0 Å². The van der Waals surface area contributed by atoms with E-state index in [1.165, 1.54) is 11.5 Å². The highest BCUT2D eigenvalue weighted by molar-refractivity contribution is 7.09. The van der Waals surface area contributed by atoms with Crippen molar-refractivity contribution in [2.75, 3.05) is 50.8 Å².